The van der Waals surface area contributed by atoms with Crippen LogP contribution in [0, 0.1) is 39.9 Å². The van der Waals surface area contributed by atoms with Crippen molar-refractivity contribution in [2.24, 2.45) is 0 Å². The number of hydrogen-bond donors (Lipinski definition) is 9. The van der Waals surface area contributed by atoms with Gasteiger partial charge in [0, 0.05) is 62.8 Å². The second-order valence-electron chi connectivity index (χ2n) is 10.4. The van der Waals surface area contributed by atoms with Crippen LogP contribution >= 0.6 is 0 Å². The van der Waals surface area contributed by atoms with Crippen molar-refractivity contribution in [2.45, 2.75) is 24.9 Å². The van der Waals surface area contributed by atoms with Crippen LogP contribution in [0.1, 0.15) is 11.4 Å². The van der Waals surface area contributed by atoms with Gasteiger partial charge in [0.15, 0.2) is 0 Å². The average molecular weight is 825 g/mol. The van der Waals surface area contributed by atoms with E-state index in [2.05, 4.69) is 30.6 Å². The molecule has 2 aromatic heterocycles. The maximum atomic E-state index is 12.6. The van der Waals surface area contributed by atoms with Crippen molar-refractivity contribution in [1.29, 1.82) is 0 Å². The number of carboxylic acid groups (broad SMARTS) is 5. The molecule has 2 rings (SSSR count). The molecule has 263 valence electrons. The van der Waals surface area contributed by atoms with Gasteiger partial charge in [0.2, 0.25) is 11.8 Å². The summed E-state index contributed by atoms with van der Waals surface area (Å²) >= 11 is 0. The number of nitrogens with one attached hydrogen (secondary N) is 4. The number of amides is 2. The molecule has 2 amide bonds. The number of carbonyl (C=O) groups excluding carboxylic acids is 2. The number of nitrogens with zero attached hydrogens (tertiary/aromatic N) is 5. The number of imidazole rings is 2. The monoisotopic (exact) mass is 825 g/mol. The normalized spacial score (nSPS) is 12.2. The zero-order valence-corrected chi connectivity index (χ0v) is 27.7. The van der Waals surface area contributed by atoms with Gasteiger partial charge in [0.1, 0.15) is 12.1 Å². The van der Waals surface area contributed by atoms with Gasteiger partial charge in [-0.05, 0) is 0 Å². The van der Waals surface area contributed by atoms with Crippen molar-refractivity contribution in [1.82, 2.24) is 45.3 Å². The van der Waals surface area contributed by atoms with Gasteiger partial charge in [-0.15, -0.1) is 0 Å². The van der Waals surface area contributed by atoms with Crippen LogP contribution in [0.25, 0.3) is 0 Å². The number of aromatic nitrogens is 4. The zero-order valence-electron chi connectivity index (χ0n) is 25.4. The average Bonchev–Trinajstić information content (AvgIpc) is 3.67. The molecular formula is C26H37GdN9O12+3. The van der Waals surface area contributed by atoms with E-state index in [9.17, 15) is 59.1 Å². The fraction of sp³-hybridized carbons (Fsp3) is 0.500. The van der Waals surface area contributed by atoms with Crippen LogP contribution in [0.4, 0.5) is 0 Å². The first-order valence-electron chi connectivity index (χ1n) is 14.0. The number of H-pyrrole nitrogens is 2. The molecule has 48 heavy (non-hydrogen) atoms. The number of aliphatic carboxylic acids is 5. The van der Waals surface area contributed by atoms with E-state index in [0.717, 1.165) is 9.80 Å². The quantitative estimate of drug-likeness (QED) is 0.0491. The molecule has 0 spiro atoms. The molecule has 1 radical (unpaired) electrons. The van der Waals surface area contributed by atoms with Gasteiger partial charge in [-0.1, -0.05) is 0 Å². The van der Waals surface area contributed by atoms with Gasteiger partial charge in [0.25, 0.3) is 0 Å². The fourth-order valence-electron chi connectivity index (χ4n) is 4.36. The summed E-state index contributed by atoms with van der Waals surface area (Å²) in [6.45, 7) is -3.43. The Morgan fingerprint density at radius 3 is 1.21 bits per heavy atom. The minimum Gasteiger partial charge on any atom is -0.480 e. The van der Waals surface area contributed by atoms with Crippen molar-refractivity contribution in [2.75, 3.05) is 58.9 Å². The number of rotatable bonds is 24. The van der Waals surface area contributed by atoms with Crippen molar-refractivity contribution >= 4 is 41.7 Å². The Balaban J connectivity index is 0.0000115. The van der Waals surface area contributed by atoms with Crippen LogP contribution < -0.4 is 10.6 Å². The fourth-order valence-corrected chi connectivity index (χ4v) is 4.36. The number of hydrogen-bond acceptors (Lipinski definition) is 12. The van der Waals surface area contributed by atoms with Crippen molar-refractivity contribution in [3.8, 4) is 0 Å². The molecular weight excluding hydrogens is 788 g/mol. The van der Waals surface area contributed by atoms with Crippen LogP contribution in [0.2, 0.25) is 0 Å². The van der Waals surface area contributed by atoms with Gasteiger partial charge >= 0.3 is 69.8 Å². The largest absolute Gasteiger partial charge is 3.00 e. The van der Waals surface area contributed by atoms with Crippen LogP contribution in [-0.4, -0.2) is 173 Å². The molecule has 0 aliphatic carbocycles. The van der Waals surface area contributed by atoms with Gasteiger partial charge in [0.05, 0.1) is 45.4 Å². The molecule has 0 saturated carbocycles. The standard InChI is InChI=1S/C26H37N9O12.Gd/c36-20(31-18(25(44)45)5-16-7-27-14-29-16)9-34(12-23(40)41)3-1-33(11-22(38)39)2-4-35(13-24(42)43)10-21(37)32-19(26(46)47)6-17-8-28-15-30-17;/h7-8,14-15,18-19H,1-6,9-13H2,(H,27,29)(H,28,30)(H,31,36)(H,32,37)(H,38,39)(H,40,41)(H,42,43)(H,44,45)(H,46,47);/q;+3. The van der Waals surface area contributed by atoms with E-state index in [1.54, 1.807) is 0 Å². The van der Waals surface area contributed by atoms with Crippen molar-refractivity contribution in [3.05, 3.63) is 36.4 Å². The second kappa shape index (κ2) is 21.7. The molecule has 0 bridgehead atoms. The number of carbonyl (C=O) groups is 7. The number of carboxylic acids is 5. The van der Waals surface area contributed by atoms with E-state index in [1.165, 1.54) is 29.9 Å². The molecule has 9 N–H and O–H groups in total. The zero-order chi connectivity index (χ0) is 34.9. The summed E-state index contributed by atoms with van der Waals surface area (Å²) in [5.41, 5.74) is 0.879. The molecule has 21 nitrogen and oxygen atoms in total. The maximum Gasteiger partial charge on any atom is 3.00 e. The molecule has 22 heteroatoms. The Kier molecular flexibility index (Phi) is 19.0. The molecule has 0 aliphatic heterocycles. The second-order valence-corrected chi connectivity index (χ2v) is 10.4. The third-order valence-electron chi connectivity index (χ3n) is 6.50. The Labute approximate surface area is 304 Å². The molecule has 0 aromatic carbocycles. The third kappa shape index (κ3) is 17.2. The molecule has 0 saturated heterocycles. The van der Waals surface area contributed by atoms with Crippen molar-refractivity contribution in [3.63, 3.8) is 0 Å². The summed E-state index contributed by atoms with van der Waals surface area (Å²) in [6.07, 6.45) is 5.21. The molecule has 2 aromatic rings. The minimum atomic E-state index is -1.34. The first-order valence-corrected chi connectivity index (χ1v) is 14.0. The maximum absolute atomic E-state index is 12.6. The summed E-state index contributed by atoms with van der Waals surface area (Å²) < 4.78 is 0. The van der Waals surface area contributed by atoms with Crippen LogP contribution in [-0.2, 0) is 46.4 Å². The van der Waals surface area contributed by atoms with E-state index in [1.807, 2.05) is 0 Å². The van der Waals surface area contributed by atoms with Crippen LogP contribution in [0.5, 0.6) is 0 Å². The first kappa shape index (κ1) is 41.9. The number of aromatic amines is 2. The SMILES string of the molecule is O=C(O)CN(CCN(CC(=O)O)CC(=O)NC(Cc1cnc[nH]1)C(=O)O)CCN(CC(=O)O)CC(=O)NC(Cc1cnc[nH]1)C(=O)O.[Gd+3]. The van der Waals surface area contributed by atoms with E-state index >= 15 is 0 Å². The van der Waals surface area contributed by atoms with E-state index < -0.39 is 86.5 Å². The van der Waals surface area contributed by atoms with Gasteiger partial charge < -0.3 is 46.1 Å². The van der Waals surface area contributed by atoms with Crippen LogP contribution in [0.3, 0.4) is 0 Å². The predicted octanol–water partition coefficient (Wildman–Crippen LogP) is -3.78. The Morgan fingerprint density at radius 1 is 0.583 bits per heavy atom. The van der Waals surface area contributed by atoms with Crippen LogP contribution in [0.15, 0.2) is 25.0 Å². The predicted molar refractivity (Wildman–Crippen MR) is 156 cm³/mol. The van der Waals surface area contributed by atoms with Gasteiger partial charge in [-0.25, -0.2) is 19.6 Å². The van der Waals surface area contributed by atoms with E-state index in [4.69, 9.17) is 0 Å². The Bertz CT molecular complexity index is 1270. The van der Waals surface area contributed by atoms with E-state index in [-0.39, 0.29) is 79.0 Å². The molecule has 0 aliphatic rings. The summed E-state index contributed by atoms with van der Waals surface area (Å²) in [7, 11) is 0. The Hall–Kier alpha value is -4.09. The van der Waals surface area contributed by atoms with Crippen molar-refractivity contribution < 1.29 is 99.0 Å². The Morgan fingerprint density at radius 2 is 0.917 bits per heavy atom. The molecule has 0 fully saturated rings. The smallest absolute Gasteiger partial charge is 0.480 e. The summed E-state index contributed by atoms with van der Waals surface area (Å²) in [5, 5.41) is 51.7. The minimum absolute atomic E-state index is 0. The molecule has 2 heterocycles. The summed E-state index contributed by atoms with van der Waals surface area (Å²) in [6, 6.07) is -2.68. The van der Waals surface area contributed by atoms with Gasteiger partial charge in [-0.2, -0.15) is 0 Å². The first-order chi connectivity index (χ1) is 22.2. The molecule has 2 atom stereocenters. The van der Waals surface area contributed by atoms with Gasteiger partial charge in [-0.3, -0.25) is 38.7 Å². The third-order valence-corrected chi connectivity index (χ3v) is 6.50. The summed E-state index contributed by atoms with van der Waals surface area (Å²) in [4.78, 5) is 99.7. The topological polar surface area (TPSA) is 312 Å². The molecule has 2 unspecified atom stereocenters. The van der Waals surface area contributed by atoms with E-state index in [0.29, 0.717) is 11.4 Å². The summed E-state index contributed by atoms with van der Waals surface area (Å²) in [5.74, 6) is -8.13.